The summed E-state index contributed by atoms with van der Waals surface area (Å²) in [6, 6.07) is 0. The van der Waals surface area contributed by atoms with Gasteiger partial charge in [0.25, 0.3) is 0 Å². The zero-order chi connectivity index (χ0) is 14.8. The van der Waals surface area contributed by atoms with Crippen LogP contribution in [-0.4, -0.2) is 21.5 Å². The Bertz CT molecular complexity index is 465. The zero-order valence-electron chi connectivity index (χ0n) is 12.7. The second kappa shape index (κ2) is 5.94. The Morgan fingerprint density at radius 1 is 1.30 bits per heavy atom. The molecule has 1 aliphatic carbocycles. The first kappa shape index (κ1) is 15.6. The van der Waals surface area contributed by atoms with E-state index in [0.717, 1.165) is 36.4 Å². The monoisotopic (exact) mass is 295 g/mol. The largest absolute Gasteiger partial charge is 0.382 e. The van der Waals surface area contributed by atoms with E-state index in [1.807, 2.05) is 5.38 Å². The van der Waals surface area contributed by atoms with Crippen molar-refractivity contribution < 1.29 is 9.90 Å². The van der Waals surface area contributed by atoms with Gasteiger partial charge in [0.1, 0.15) is 10.6 Å². The normalized spacial score (nSPS) is 19.6. The van der Waals surface area contributed by atoms with Crippen LogP contribution in [-0.2, 0) is 16.6 Å². The molecule has 0 bridgehead atoms. The van der Waals surface area contributed by atoms with Crippen molar-refractivity contribution in [3.8, 4) is 0 Å². The Balaban J connectivity index is 2.05. The highest BCUT2D eigenvalue weighted by molar-refractivity contribution is 7.09. The number of aliphatic hydroxyl groups is 1. The molecule has 1 aliphatic rings. The summed E-state index contributed by atoms with van der Waals surface area (Å²) in [5.41, 5.74) is -0.0701. The fourth-order valence-electron chi connectivity index (χ4n) is 2.63. The lowest BCUT2D eigenvalue weighted by Crippen LogP contribution is -2.39. The quantitative estimate of drug-likeness (QED) is 0.866. The van der Waals surface area contributed by atoms with E-state index in [9.17, 15) is 9.90 Å². The van der Waals surface area contributed by atoms with Crippen molar-refractivity contribution in [2.24, 2.45) is 0 Å². The van der Waals surface area contributed by atoms with E-state index in [1.54, 1.807) is 0 Å². The van der Waals surface area contributed by atoms with Gasteiger partial charge in [-0.3, -0.25) is 4.79 Å². The summed E-state index contributed by atoms with van der Waals surface area (Å²) in [5.74, 6) is -0.0470. The summed E-state index contributed by atoms with van der Waals surface area (Å²) in [6.45, 7) is 6.35. The number of thiazole rings is 1. The first-order valence-electron chi connectivity index (χ1n) is 7.52. The number of aromatic nitrogens is 1. The van der Waals surface area contributed by atoms with Crippen molar-refractivity contribution in [3.05, 3.63) is 16.1 Å². The third kappa shape index (κ3) is 3.67. The lowest BCUT2D eigenvalue weighted by molar-refractivity contribution is -0.138. The highest BCUT2D eigenvalue weighted by atomic mass is 32.1. The van der Waals surface area contributed by atoms with E-state index in [2.05, 4.69) is 25.8 Å². The molecule has 0 aliphatic heterocycles. The highest BCUT2D eigenvalue weighted by Gasteiger charge is 2.36. The van der Waals surface area contributed by atoms with Crippen LogP contribution in [0.1, 0.15) is 70.0 Å². The fourth-order valence-corrected chi connectivity index (χ4v) is 3.65. The minimum absolute atomic E-state index is 0.0109. The number of ketones is 1. The molecule has 0 aromatic carbocycles. The topological polar surface area (TPSA) is 50.2 Å². The molecule has 3 nitrogen and oxygen atoms in total. The van der Waals surface area contributed by atoms with Crippen LogP contribution in [0, 0.1) is 0 Å². The minimum atomic E-state index is -1.11. The van der Waals surface area contributed by atoms with Gasteiger partial charge in [-0.15, -0.1) is 11.3 Å². The SMILES string of the molecule is CC(C)(C)c1csc(CC(=O)C2(O)CCCCCC2)n1. The van der Waals surface area contributed by atoms with Crippen LogP contribution in [0.25, 0.3) is 0 Å². The molecule has 0 spiro atoms. The molecule has 1 N–H and O–H groups in total. The van der Waals surface area contributed by atoms with Crippen molar-refractivity contribution in [1.29, 1.82) is 0 Å². The molecule has 1 fully saturated rings. The van der Waals surface area contributed by atoms with Gasteiger partial charge in [0, 0.05) is 10.8 Å². The molecule has 0 saturated heterocycles. The van der Waals surface area contributed by atoms with Crippen molar-refractivity contribution >= 4 is 17.1 Å². The van der Waals surface area contributed by atoms with Crippen molar-refractivity contribution in [2.75, 3.05) is 0 Å². The van der Waals surface area contributed by atoms with Gasteiger partial charge >= 0.3 is 0 Å². The number of hydrogen-bond acceptors (Lipinski definition) is 4. The smallest absolute Gasteiger partial charge is 0.171 e. The molecule has 1 heterocycles. The van der Waals surface area contributed by atoms with Gasteiger partial charge in [-0.2, -0.15) is 0 Å². The lowest BCUT2D eigenvalue weighted by atomic mass is 9.88. The van der Waals surface area contributed by atoms with Crippen molar-refractivity contribution in [3.63, 3.8) is 0 Å². The molecule has 20 heavy (non-hydrogen) atoms. The number of carbonyl (C=O) groups excluding carboxylic acids is 1. The van der Waals surface area contributed by atoms with Gasteiger partial charge < -0.3 is 5.11 Å². The molecular formula is C16H25NO2S. The molecule has 0 unspecified atom stereocenters. The van der Waals surface area contributed by atoms with E-state index in [4.69, 9.17) is 0 Å². The molecule has 4 heteroatoms. The number of Topliss-reactive ketones (excluding diaryl/α,β-unsaturated/α-hetero) is 1. The van der Waals surface area contributed by atoms with Crippen LogP contribution in [0.5, 0.6) is 0 Å². The van der Waals surface area contributed by atoms with E-state index in [0.29, 0.717) is 12.8 Å². The number of hydrogen-bond donors (Lipinski definition) is 1. The van der Waals surface area contributed by atoms with E-state index in [-0.39, 0.29) is 17.6 Å². The fraction of sp³-hybridized carbons (Fsp3) is 0.750. The molecule has 0 amide bonds. The van der Waals surface area contributed by atoms with Crippen LogP contribution >= 0.6 is 11.3 Å². The summed E-state index contributed by atoms with van der Waals surface area (Å²) < 4.78 is 0. The zero-order valence-corrected chi connectivity index (χ0v) is 13.6. The predicted molar refractivity (Wildman–Crippen MR) is 82.2 cm³/mol. The van der Waals surface area contributed by atoms with Gasteiger partial charge in [0.15, 0.2) is 5.78 Å². The summed E-state index contributed by atoms with van der Waals surface area (Å²) in [7, 11) is 0. The van der Waals surface area contributed by atoms with Gasteiger partial charge in [0.05, 0.1) is 12.1 Å². The van der Waals surface area contributed by atoms with Crippen LogP contribution < -0.4 is 0 Å². The van der Waals surface area contributed by atoms with Gasteiger partial charge in [0.2, 0.25) is 0 Å². The first-order chi connectivity index (χ1) is 9.31. The van der Waals surface area contributed by atoms with Gasteiger partial charge in [-0.25, -0.2) is 4.98 Å². The Hall–Kier alpha value is -0.740. The maximum Gasteiger partial charge on any atom is 0.171 e. The number of nitrogens with zero attached hydrogens (tertiary/aromatic N) is 1. The Kier molecular flexibility index (Phi) is 4.65. The summed E-state index contributed by atoms with van der Waals surface area (Å²) in [4.78, 5) is 17.0. The predicted octanol–water partition coefficient (Wildman–Crippen LogP) is 3.64. The molecule has 1 aromatic rings. The third-order valence-electron chi connectivity index (χ3n) is 4.08. The maximum absolute atomic E-state index is 12.4. The Labute approximate surface area is 125 Å². The van der Waals surface area contributed by atoms with Crippen molar-refractivity contribution in [1.82, 2.24) is 4.98 Å². The van der Waals surface area contributed by atoms with Gasteiger partial charge in [-0.1, -0.05) is 46.5 Å². The average Bonchev–Trinajstić information content (AvgIpc) is 2.71. The second-order valence-electron chi connectivity index (χ2n) is 6.92. The van der Waals surface area contributed by atoms with E-state index in [1.165, 1.54) is 11.3 Å². The molecule has 1 saturated carbocycles. The molecular weight excluding hydrogens is 270 g/mol. The number of rotatable bonds is 3. The summed E-state index contributed by atoms with van der Waals surface area (Å²) in [5, 5.41) is 13.4. The molecule has 112 valence electrons. The first-order valence-corrected chi connectivity index (χ1v) is 8.40. The maximum atomic E-state index is 12.4. The molecule has 2 rings (SSSR count). The van der Waals surface area contributed by atoms with Crippen LogP contribution in [0.4, 0.5) is 0 Å². The Morgan fingerprint density at radius 2 is 1.90 bits per heavy atom. The minimum Gasteiger partial charge on any atom is -0.382 e. The van der Waals surface area contributed by atoms with Gasteiger partial charge in [-0.05, 0) is 12.8 Å². The summed E-state index contributed by atoms with van der Waals surface area (Å²) in [6.07, 6.45) is 5.66. The van der Waals surface area contributed by atoms with Crippen LogP contribution in [0.15, 0.2) is 5.38 Å². The lowest BCUT2D eigenvalue weighted by Gasteiger charge is -2.24. The highest BCUT2D eigenvalue weighted by Crippen LogP contribution is 2.30. The summed E-state index contributed by atoms with van der Waals surface area (Å²) >= 11 is 1.53. The van der Waals surface area contributed by atoms with Crippen LogP contribution in [0.2, 0.25) is 0 Å². The van der Waals surface area contributed by atoms with E-state index >= 15 is 0 Å². The molecule has 0 radical (unpaired) electrons. The Morgan fingerprint density at radius 3 is 2.40 bits per heavy atom. The number of carbonyl (C=O) groups is 1. The molecule has 1 aromatic heterocycles. The standard InChI is InChI=1S/C16H25NO2S/c1-15(2,3)12-11-20-14(17-12)10-13(18)16(19)8-6-4-5-7-9-16/h11,19H,4-10H2,1-3H3. The third-order valence-corrected chi connectivity index (χ3v) is 4.93. The molecule has 0 atom stereocenters. The average molecular weight is 295 g/mol. The van der Waals surface area contributed by atoms with Crippen molar-refractivity contribution in [2.45, 2.75) is 76.7 Å². The van der Waals surface area contributed by atoms with E-state index < -0.39 is 5.60 Å². The second-order valence-corrected chi connectivity index (χ2v) is 7.86. The van der Waals surface area contributed by atoms with Crippen LogP contribution in [0.3, 0.4) is 0 Å².